The summed E-state index contributed by atoms with van der Waals surface area (Å²) >= 11 is 5.88. The first-order valence-electron chi connectivity index (χ1n) is 6.38. The van der Waals surface area contributed by atoms with Crippen LogP contribution in [0.1, 0.15) is 25.3 Å². The molecule has 0 amide bonds. The first-order chi connectivity index (χ1) is 9.31. The van der Waals surface area contributed by atoms with E-state index in [1.54, 1.807) is 20.1 Å². The Morgan fingerprint density at radius 2 is 2.10 bits per heavy atom. The average Bonchev–Trinajstić information content (AvgIpc) is 2.33. The molecule has 1 aromatic rings. The number of halogens is 1. The fourth-order valence-electron chi connectivity index (χ4n) is 1.97. The van der Waals surface area contributed by atoms with Crippen molar-refractivity contribution in [3.63, 3.8) is 0 Å². The highest BCUT2D eigenvalue weighted by Crippen LogP contribution is 2.26. The van der Waals surface area contributed by atoms with E-state index in [0.717, 1.165) is 6.42 Å². The summed E-state index contributed by atoms with van der Waals surface area (Å²) in [4.78, 5) is 0.150. The minimum Gasteiger partial charge on any atom is -0.397 e. The highest BCUT2D eigenvalue weighted by atomic mass is 35.5. The van der Waals surface area contributed by atoms with Gasteiger partial charge in [-0.3, -0.25) is 0 Å². The van der Waals surface area contributed by atoms with Crippen LogP contribution in [0.5, 0.6) is 0 Å². The van der Waals surface area contributed by atoms with E-state index < -0.39 is 10.0 Å². The van der Waals surface area contributed by atoms with E-state index in [4.69, 9.17) is 22.1 Å². The van der Waals surface area contributed by atoms with Crippen LogP contribution in [0.4, 0.5) is 5.69 Å². The standard InChI is InChI=1S/C13H21ClN2O3S/c1-4-5-10(8-19-3)16-20(17,18)13-7-12(15)11(14)6-9(13)2/h6-7,10,16H,4-5,8,15H2,1-3H3. The molecule has 0 bridgehead atoms. The Kier molecular flexibility index (Phi) is 6.26. The van der Waals surface area contributed by atoms with Crippen LogP contribution in [0.3, 0.4) is 0 Å². The van der Waals surface area contributed by atoms with Gasteiger partial charge >= 0.3 is 0 Å². The number of sulfonamides is 1. The molecule has 0 heterocycles. The molecule has 0 saturated heterocycles. The van der Waals surface area contributed by atoms with Gasteiger partial charge in [-0.2, -0.15) is 0 Å². The van der Waals surface area contributed by atoms with Crippen molar-refractivity contribution in [2.24, 2.45) is 0 Å². The minimum atomic E-state index is -3.64. The fourth-order valence-corrected chi connectivity index (χ4v) is 3.70. The summed E-state index contributed by atoms with van der Waals surface area (Å²) in [5, 5.41) is 0.350. The second-order valence-electron chi connectivity index (χ2n) is 4.70. The van der Waals surface area contributed by atoms with Crippen molar-refractivity contribution in [1.82, 2.24) is 4.72 Å². The number of nitrogen functional groups attached to an aromatic ring is 1. The summed E-state index contributed by atoms with van der Waals surface area (Å²) in [5.74, 6) is 0. The number of nitrogens with two attached hydrogens (primary N) is 1. The molecular formula is C13H21ClN2O3S. The zero-order chi connectivity index (χ0) is 15.3. The molecule has 0 spiro atoms. The second kappa shape index (κ2) is 7.26. The van der Waals surface area contributed by atoms with Crippen molar-refractivity contribution in [1.29, 1.82) is 0 Å². The van der Waals surface area contributed by atoms with Crippen LogP contribution in [-0.4, -0.2) is 28.2 Å². The number of aryl methyl sites for hydroxylation is 1. The van der Waals surface area contributed by atoms with Crippen LogP contribution in [0, 0.1) is 6.92 Å². The molecule has 0 aliphatic heterocycles. The van der Waals surface area contributed by atoms with E-state index in [-0.39, 0.29) is 16.6 Å². The number of nitrogens with one attached hydrogen (secondary N) is 1. The lowest BCUT2D eigenvalue weighted by Gasteiger charge is -2.18. The largest absolute Gasteiger partial charge is 0.397 e. The van der Waals surface area contributed by atoms with E-state index in [1.165, 1.54) is 6.07 Å². The number of benzene rings is 1. The molecule has 1 aromatic carbocycles. The first kappa shape index (κ1) is 17.2. The van der Waals surface area contributed by atoms with Crippen LogP contribution in [0.25, 0.3) is 0 Å². The number of anilines is 1. The van der Waals surface area contributed by atoms with Crippen molar-refractivity contribution in [2.45, 2.75) is 37.6 Å². The van der Waals surface area contributed by atoms with Crippen LogP contribution >= 0.6 is 11.6 Å². The number of methoxy groups -OCH3 is 1. The lowest BCUT2D eigenvalue weighted by molar-refractivity contribution is 0.171. The maximum absolute atomic E-state index is 12.4. The predicted molar refractivity (Wildman–Crippen MR) is 81.5 cm³/mol. The van der Waals surface area contributed by atoms with Gasteiger partial charge in [-0.1, -0.05) is 24.9 Å². The average molecular weight is 321 g/mol. The molecule has 0 saturated carbocycles. The Morgan fingerprint density at radius 3 is 2.65 bits per heavy atom. The van der Waals surface area contributed by atoms with Gasteiger partial charge in [0.1, 0.15) is 0 Å². The summed E-state index contributed by atoms with van der Waals surface area (Å²) in [6.45, 7) is 4.00. The van der Waals surface area contributed by atoms with Crippen molar-refractivity contribution >= 4 is 27.3 Å². The molecule has 0 aliphatic rings. The topological polar surface area (TPSA) is 81.4 Å². The quantitative estimate of drug-likeness (QED) is 0.755. The summed E-state index contributed by atoms with van der Waals surface area (Å²) in [6.07, 6.45) is 1.56. The molecule has 3 N–H and O–H groups in total. The number of hydrogen-bond donors (Lipinski definition) is 2. The first-order valence-corrected chi connectivity index (χ1v) is 8.24. The van der Waals surface area contributed by atoms with E-state index in [1.807, 2.05) is 6.92 Å². The molecule has 1 rings (SSSR count). The van der Waals surface area contributed by atoms with Gasteiger partial charge in [-0.25, -0.2) is 13.1 Å². The van der Waals surface area contributed by atoms with Gasteiger partial charge < -0.3 is 10.5 Å². The summed E-state index contributed by atoms with van der Waals surface area (Å²) in [5.41, 5.74) is 6.49. The number of hydrogen-bond acceptors (Lipinski definition) is 4. The van der Waals surface area contributed by atoms with Gasteiger partial charge in [-0.05, 0) is 31.0 Å². The summed E-state index contributed by atoms with van der Waals surface area (Å²) < 4.78 is 32.5. The normalized spacial score (nSPS) is 13.4. The molecule has 0 aliphatic carbocycles. The SMILES string of the molecule is CCCC(COC)NS(=O)(=O)c1cc(N)c(Cl)cc1C. The van der Waals surface area contributed by atoms with Crippen LogP contribution in [0.15, 0.2) is 17.0 Å². The van der Waals surface area contributed by atoms with Gasteiger partial charge in [-0.15, -0.1) is 0 Å². The van der Waals surface area contributed by atoms with Crippen LogP contribution in [0.2, 0.25) is 5.02 Å². The second-order valence-corrected chi connectivity index (χ2v) is 6.79. The summed E-state index contributed by atoms with van der Waals surface area (Å²) in [7, 11) is -2.10. The zero-order valence-corrected chi connectivity index (χ0v) is 13.5. The van der Waals surface area contributed by atoms with Crippen molar-refractivity contribution in [2.75, 3.05) is 19.5 Å². The van der Waals surface area contributed by atoms with Crippen molar-refractivity contribution < 1.29 is 13.2 Å². The third-order valence-corrected chi connectivity index (χ3v) is 4.90. The molecular weight excluding hydrogens is 300 g/mol. The molecule has 20 heavy (non-hydrogen) atoms. The van der Waals surface area contributed by atoms with E-state index in [9.17, 15) is 8.42 Å². The Bertz CT molecular complexity index is 555. The van der Waals surface area contributed by atoms with E-state index in [2.05, 4.69) is 4.72 Å². The zero-order valence-electron chi connectivity index (χ0n) is 11.9. The van der Waals surface area contributed by atoms with Crippen molar-refractivity contribution in [3.05, 3.63) is 22.7 Å². The van der Waals surface area contributed by atoms with Crippen LogP contribution < -0.4 is 10.5 Å². The van der Waals surface area contributed by atoms with Gasteiger partial charge in [0, 0.05) is 13.2 Å². The highest BCUT2D eigenvalue weighted by Gasteiger charge is 2.22. The molecule has 0 radical (unpaired) electrons. The van der Waals surface area contributed by atoms with Crippen molar-refractivity contribution in [3.8, 4) is 0 Å². The third-order valence-electron chi connectivity index (χ3n) is 2.91. The maximum Gasteiger partial charge on any atom is 0.241 e. The van der Waals surface area contributed by atoms with Crippen LogP contribution in [-0.2, 0) is 14.8 Å². The summed E-state index contributed by atoms with van der Waals surface area (Å²) in [6, 6.07) is 2.68. The molecule has 1 atom stereocenters. The molecule has 114 valence electrons. The third kappa shape index (κ3) is 4.34. The van der Waals surface area contributed by atoms with E-state index in [0.29, 0.717) is 23.6 Å². The number of rotatable bonds is 7. The Labute approximate surface area is 125 Å². The Balaban J connectivity index is 3.07. The lowest BCUT2D eigenvalue weighted by Crippen LogP contribution is -2.38. The fraction of sp³-hybridized carbons (Fsp3) is 0.538. The maximum atomic E-state index is 12.4. The molecule has 0 aromatic heterocycles. The van der Waals surface area contributed by atoms with Gasteiger partial charge in [0.05, 0.1) is 22.2 Å². The monoisotopic (exact) mass is 320 g/mol. The van der Waals surface area contributed by atoms with E-state index >= 15 is 0 Å². The molecule has 7 heteroatoms. The minimum absolute atomic E-state index is 0.150. The predicted octanol–water partition coefficient (Wildman–Crippen LogP) is 2.32. The smallest absolute Gasteiger partial charge is 0.241 e. The Hall–Kier alpha value is -0.820. The highest BCUT2D eigenvalue weighted by molar-refractivity contribution is 7.89. The number of ether oxygens (including phenoxy) is 1. The van der Waals surface area contributed by atoms with Gasteiger partial charge in [0.2, 0.25) is 10.0 Å². The van der Waals surface area contributed by atoms with Gasteiger partial charge in [0.15, 0.2) is 0 Å². The molecule has 5 nitrogen and oxygen atoms in total. The molecule has 0 fully saturated rings. The van der Waals surface area contributed by atoms with Gasteiger partial charge in [0.25, 0.3) is 0 Å². The molecule has 1 unspecified atom stereocenters. The Morgan fingerprint density at radius 1 is 1.45 bits per heavy atom. The lowest BCUT2D eigenvalue weighted by atomic mass is 10.2.